The van der Waals surface area contributed by atoms with E-state index >= 15 is 0 Å². The van der Waals surface area contributed by atoms with E-state index in [0.29, 0.717) is 10.9 Å². The molecule has 34 heavy (non-hydrogen) atoms. The molecule has 4 aromatic rings. The number of nitrogens with one attached hydrogen (secondary N) is 2. The lowest BCUT2D eigenvalue weighted by atomic mass is 10.1. The van der Waals surface area contributed by atoms with Crippen molar-refractivity contribution in [1.29, 1.82) is 0 Å². The SMILES string of the molecule is COC(=O)c1ccc2c(=O)[nH]c(CN(C)c3c(N)n(Cc4ccccc4)c(=O)[nH]c3=O)nc2c1. The van der Waals surface area contributed by atoms with Crippen LogP contribution in [0.4, 0.5) is 11.5 Å². The number of H-pyrrole nitrogens is 2. The van der Waals surface area contributed by atoms with Gasteiger partial charge in [-0.15, -0.1) is 0 Å². The fraction of sp³-hybridized carbons (Fsp3) is 0.174. The maximum Gasteiger partial charge on any atom is 0.337 e. The molecule has 0 saturated carbocycles. The monoisotopic (exact) mass is 462 g/mol. The van der Waals surface area contributed by atoms with E-state index in [4.69, 9.17) is 10.5 Å². The molecule has 4 N–H and O–H groups in total. The van der Waals surface area contributed by atoms with Crippen LogP contribution in [-0.4, -0.2) is 39.6 Å². The number of nitrogens with zero attached hydrogens (tertiary/aromatic N) is 3. The van der Waals surface area contributed by atoms with Crippen LogP contribution in [0.3, 0.4) is 0 Å². The van der Waals surface area contributed by atoms with Gasteiger partial charge in [-0.3, -0.25) is 19.1 Å². The summed E-state index contributed by atoms with van der Waals surface area (Å²) in [5.41, 5.74) is 5.98. The number of benzene rings is 2. The second-order valence-electron chi connectivity index (χ2n) is 7.66. The first-order valence-electron chi connectivity index (χ1n) is 10.3. The highest BCUT2D eigenvalue weighted by Crippen LogP contribution is 2.18. The number of aromatic nitrogens is 4. The molecule has 0 aliphatic carbocycles. The van der Waals surface area contributed by atoms with Crippen molar-refractivity contribution >= 4 is 28.4 Å². The molecule has 11 nitrogen and oxygen atoms in total. The van der Waals surface area contributed by atoms with Crippen molar-refractivity contribution in [2.24, 2.45) is 0 Å². The minimum atomic E-state index is -0.662. The predicted octanol–water partition coefficient (Wildman–Crippen LogP) is 0.827. The Morgan fingerprint density at radius 3 is 2.53 bits per heavy atom. The summed E-state index contributed by atoms with van der Waals surface area (Å²) in [7, 11) is 2.85. The third-order valence-electron chi connectivity index (χ3n) is 5.34. The minimum Gasteiger partial charge on any atom is -0.465 e. The van der Waals surface area contributed by atoms with Crippen molar-refractivity contribution in [1.82, 2.24) is 19.5 Å². The van der Waals surface area contributed by atoms with E-state index in [1.165, 1.54) is 34.8 Å². The molecule has 0 aliphatic heterocycles. The molecule has 0 spiro atoms. The Bertz CT molecular complexity index is 1550. The summed E-state index contributed by atoms with van der Waals surface area (Å²) in [6.07, 6.45) is 0. The summed E-state index contributed by atoms with van der Waals surface area (Å²) >= 11 is 0. The largest absolute Gasteiger partial charge is 0.465 e. The van der Waals surface area contributed by atoms with E-state index in [0.717, 1.165) is 5.56 Å². The standard InChI is InChI=1S/C23H22N6O5/c1-28(12-17-25-16-10-14(22(32)34-2)8-9-15(16)20(30)26-17)18-19(24)29(23(33)27-21(18)31)11-13-6-4-3-5-7-13/h3-10H,11-12,24H2,1-2H3,(H,25,26,30)(H,27,31,33). The molecule has 0 atom stereocenters. The molecule has 0 aliphatic rings. The zero-order valence-corrected chi connectivity index (χ0v) is 18.5. The van der Waals surface area contributed by atoms with Crippen LogP contribution in [0.2, 0.25) is 0 Å². The van der Waals surface area contributed by atoms with Gasteiger partial charge in [0, 0.05) is 7.05 Å². The highest BCUT2D eigenvalue weighted by molar-refractivity contribution is 5.94. The molecule has 0 fully saturated rings. The molecule has 0 amide bonds. The fourth-order valence-electron chi connectivity index (χ4n) is 3.68. The van der Waals surface area contributed by atoms with E-state index < -0.39 is 22.8 Å². The average Bonchev–Trinajstić information content (AvgIpc) is 2.81. The number of carbonyl (C=O) groups is 1. The van der Waals surface area contributed by atoms with E-state index in [2.05, 4.69) is 15.0 Å². The number of fused-ring (bicyclic) bond motifs is 1. The number of ether oxygens (including phenoxy) is 1. The van der Waals surface area contributed by atoms with Crippen LogP contribution < -0.4 is 27.4 Å². The van der Waals surface area contributed by atoms with Crippen molar-refractivity contribution in [3.8, 4) is 0 Å². The highest BCUT2D eigenvalue weighted by atomic mass is 16.5. The van der Waals surface area contributed by atoms with Crippen LogP contribution in [0.15, 0.2) is 62.9 Å². The molecule has 4 rings (SSSR count). The maximum atomic E-state index is 12.6. The Labute approximate surface area is 192 Å². The van der Waals surface area contributed by atoms with Crippen molar-refractivity contribution in [3.63, 3.8) is 0 Å². The van der Waals surface area contributed by atoms with Gasteiger partial charge in [-0.25, -0.2) is 14.6 Å². The minimum absolute atomic E-state index is 0.00442. The lowest BCUT2D eigenvalue weighted by Gasteiger charge is -2.21. The number of nitrogen functional groups attached to an aromatic ring is 1. The Morgan fingerprint density at radius 2 is 1.82 bits per heavy atom. The molecule has 2 aromatic carbocycles. The van der Waals surface area contributed by atoms with Crippen LogP contribution in [-0.2, 0) is 17.8 Å². The third kappa shape index (κ3) is 4.31. The molecule has 0 radical (unpaired) electrons. The van der Waals surface area contributed by atoms with E-state index in [9.17, 15) is 19.2 Å². The molecular formula is C23H22N6O5. The van der Waals surface area contributed by atoms with Gasteiger partial charge in [-0.2, -0.15) is 0 Å². The van der Waals surface area contributed by atoms with Crippen molar-refractivity contribution in [2.45, 2.75) is 13.1 Å². The average molecular weight is 462 g/mol. The first-order valence-corrected chi connectivity index (χ1v) is 10.3. The van der Waals surface area contributed by atoms with E-state index in [1.807, 2.05) is 30.3 Å². The summed E-state index contributed by atoms with van der Waals surface area (Å²) in [4.78, 5) is 60.2. The summed E-state index contributed by atoms with van der Waals surface area (Å²) < 4.78 is 5.98. The lowest BCUT2D eigenvalue weighted by Crippen LogP contribution is -2.37. The number of methoxy groups -OCH3 is 1. The number of aromatic amines is 2. The number of hydrogen-bond acceptors (Lipinski definition) is 8. The summed E-state index contributed by atoms with van der Waals surface area (Å²) in [6, 6.07) is 13.6. The van der Waals surface area contributed by atoms with Crippen molar-refractivity contribution in [2.75, 3.05) is 24.8 Å². The number of rotatable bonds is 6. The predicted molar refractivity (Wildman–Crippen MR) is 127 cm³/mol. The Morgan fingerprint density at radius 1 is 1.09 bits per heavy atom. The van der Waals surface area contributed by atoms with Gasteiger partial charge >= 0.3 is 11.7 Å². The number of carbonyl (C=O) groups excluding carboxylic acids is 1. The number of anilines is 2. The van der Waals surface area contributed by atoms with Gasteiger partial charge in [0.05, 0.1) is 36.7 Å². The summed E-state index contributed by atoms with van der Waals surface area (Å²) in [5, 5.41) is 0.299. The van der Waals surface area contributed by atoms with Gasteiger partial charge in [-0.1, -0.05) is 30.3 Å². The second-order valence-corrected chi connectivity index (χ2v) is 7.66. The van der Waals surface area contributed by atoms with Gasteiger partial charge in [0.1, 0.15) is 17.3 Å². The number of esters is 1. The van der Waals surface area contributed by atoms with Crippen LogP contribution in [0.5, 0.6) is 0 Å². The fourth-order valence-corrected chi connectivity index (χ4v) is 3.68. The van der Waals surface area contributed by atoms with Gasteiger partial charge in [0.25, 0.3) is 11.1 Å². The molecule has 2 heterocycles. The van der Waals surface area contributed by atoms with E-state index in [-0.39, 0.29) is 36.0 Å². The van der Waals surface area contributed by atoms with Gasteiger partial charge in [-0.05, 0) is 23.8 Å². The summed E-state index contributed by atoms with van der Waals surface area (Å²) in [6.45, 7) is 0.176. The van der Waals surface area contributed by atoms with Crippen molar-refractivity contribution in [3.05, 3.63) is 96.7 Å². The second kappa shape index (κ2) is 9.06. The Kier molecular flexibility index (Phi) is 6.00. The van der Waals surface area contributed by atoms with Crippen LogP contribution >= 0.6 is 0 Å². The lowest BCUT2D eigenvalue weighted by molar-refractivity contribution is 0.0601. The van der Waals surface area contributed by atoms with Crippen LogP contribution in [0.25, 0.3) is 10.9 Å². The zero-order valence-electron chi connectivity index (χ0n) is 18.5. The maximum absolute atomic E-state index is 12.6. The molecule has 11 heteroatoms. The first kappa shape index (κ1) is 22.5. The smallest absolute Gasteiger partial charge is 0.337 e. The van der Waals surface area contributed by atoms with E-state index in [1.54, 1.807) is 7.05 Å². The first-order chi connectivity index (χ1) is 16.3. The number of nitrogens with two attached hydrogens (primary N) is 1. The quantitative estimate of drug-likeness (QED) is 0.356. The Balaban J connectivity index is 1.71. The summed E-state index contributed by atoms with van der Waals surface area (Å²) in [5.74, 6) is -0.333. The van der Waals surface area contributed by atoms with Gasteiger partial charge in [0.15, 0.2) is 0 Å². The highest BCUT2D eigenvalue weighted by Gasteiger charge is 2.18. The normalized spacial score (nSPS) is 10.9. The molecule has 2 aromatic heterocycles. The van der Waals surface area contributed by atoms with Gasteiger partial charge in [0.2, 0.25) is 0 Å². The third-order valence-corrected chi connectivity index (χ3v) is 5.34. The molecule has 0 unspecified atom stereocenters. The van der Waals surface area contributed by atoms with Crippen molar-refractivity contribution < 1.29 is 9.53 Å². The molecular weight excluding hydrogens is 440 g/mol. The molecule has 0 saturated heterocycles. The number of hydrogen-bond donors (Lipinski definition) is 3. The zero-order chi connectivity index (χ0) is 24.4. The Hall–Kier alpha value is -4.67. The molecule has 0 bridgehead atoms. The topological polar surface area (TPSA) is 156 Å². The molecule has 174 valence electrons. The van der Waals surface area contributed by atoms with Crippen LogP contribution in [0, 0.1) is 0 Å². The van der Waals surface area contributed by atoms with Gasteiger partial charge < -0.3 is 20.4 Å². The van der Waals surface area contributed by atoms with Crippen LogP contribution in [0.1, 0.15) is 21.7 Å².